The van der Waals surface area contributed by atoms with E-state index in [0.29, 0.717) is 6.42 Å². The van der Waals surface area contributed by atoms with Crippen LogP contribution in [0.25, 0.3) is 0 Å². The lowest BCUT2D eigenvalue weighted by Gasteiger charge is -2.20. The Bertz CT molecular complexity index is 1330. The van der Waals surface area contributed by atoms with Gasteiger partial charge in [-0.05, 0) is 31.6 Å². The van der Waals surface area contributed by atoms with Crippen molar-refractivity contribution in [3.63, 3.8) is 0 Å². The van der Waals surface area contributed by atoms with E-state index in [-0.39, 0.29) is 25.7 Å². The highest BCUT2D eigenvalue weighted by Gasteiger charge is 2.28. The van der Waals surface area contributed by atoms with Crippen LogP contribution in [0, 0.1) is 5.92 Å². The molecule has 6 atom stereocenters. The van der Waals surface area contributed by atoms with Gasteiger partial charge in [-0.3, -0.25) is 23.2 Å². The maximum Gasteiger partial charge on any atom is 0.472 e. The topological polar surface area (TPSA) is 256 Å². The van der Waals surface area contributed by atoms with Crippen LogP contribution in [0.5, 0.6) is 0 Å². The standard InChI is InChI=1S/C43H78O16P2/c1-4-5-19-26-37(44)27-21-16-13-14-17-22-28-40(46)41(47)29-24-31-42(48)55-34-39(35-58-61(53,54)57-33-38(45)32-56-60(50,51)52)59-43(49)30-23-18-12-10-8-6-7-9-11-15-20-25-36(2)3/h13-14,16-17,21-22,27-28,36-41,44-47H,4-12,15,18-20,23-26,29-35H2,1-3H3,(H,53,54)(H2,50,51,52)/b16-13-,17-14+,27-21+,28-22+/t37-,38+,39-,40-,41-/m1/s1. The zero-order valence-electron chi connectivity index (χ0n) is 36.8. The summed E-state index contributed by atoms with van der Waals surface area (Å²) in [5.41, 5.74) is 0. The van der Waals surface area contributed by atoms with Crippen molar-refractivity contribution in [3.8, 4) is 0 Å². The first-order chi connectivity index (χ1) is 28.9. The van der Waals surface area contributed by atoms with Gasteiger partial charge < -0.3 is 44.6 Å². The number of unbranched alkanes of at least 4 members (excludes halogenated alkanes) is 12. The summed E-state index contributed by atoms with van der Waals surface area (Å²) in [5, 5.41) is 40.2. The average Bonchev–Trinajstić information content (AvgIpc) is 3.19. The summed E-state index contributed by atoms with van der Waals surface area (Å²) < 4.78 is 47.5. The predicted molar refractivity (Wildman–Crippen MR) is 234 cm³/mol. The minimum absolute atomic E-state index is 0.0582. The summed E-state index contributed by atoms with van der Waals surface area (Å²) in [6.07, 6.45) is 24.8. The number of aliphatic hydroxyl groups excluding tert-OH is 4. The molecule has 0 spiro atoms. The number of allylic oxidation sites excluding steroid dienone is 6. The Morgan fingerprint density at radius 1 is 0.557 bits per heavy atom. The number of aliphatic hydroxyl groups is 4. The van der Waals surface area contributed by atoms with E-state index >= 15 is 0 Å². The van der Waals surface area contributed by atoms with Crippen LogP contribution in [0.3, 0.4) is 0 Å². The van der Waals surface area contributed by atoms with Gasteiger partial charge in [-0.15, -0.1) is 0 Å². The summed E-state index contributed by atoms with van der Waals surface area (Å²) in [7, 11) is -9.79. The van der Waals surface area contributed by atoms with E-state index in [2.05, 4.69) is 29.8 Å². The summed E-state index contributed by atoms with van der Waals surface area (Å²) in [6.45, 7) is 3.55. The van der Waals surface area contributed by atoms with Crippen LogP contribution in [0.15, 0.2) is 48.6 Å². The maximum absolute atomic E-state index is 12.7. The number of rotatable bonds is 40. The lowest BCUT2D eigenvalue weighted by Crippen LogP contribution is -2.30. The third-order valence-electron chi connectivity index (χ3n) is 9.26. The molecule has 16 nitrogen and oxygen atoms in total. The smallest absolute Gasteiger partial charge is 0.462 e. The van der Waals surface area contributed by atoms with E-state index in [4.69, 9.17) is 23.8 Å². The van der Waals surface area contributed by atoms with Gasteiger partial charge in [0.2, 0.25) is 0 Å². The van der Waals surface area contributed by atoms with E-state index in [1.54, 1.807) is 42.5 Å². The molecule has 356 valence electrons. The molecule has 0 aromatic carbocycles. The highest BCUT2D eigenvalue weighted by Crippen LogP contribution is 2.43. The molecule has 0 saturated carbocycles. The minimum atomic E-state index is -4.90. The Labute approximate surface area is 364 Å². The summed E-state index contributed by atoms with van der Waals surface area (Å²) in [6, 6.07) is 0. The first kappa shape index (κ1) is 59.0. The van der Waals surface area contributed by atoms with Crippen molar-refractivity contribution in [2.45, 2.75) is 180 Å². The highest BCUT2D eigenvalue weighted by molar-refractivity contribution is 7.47. The number of phosphoric acid groups is 2. The van der Waals surface area contributed by atoms with Gasteiger partial charge in [0.1, 0.15) is 12.7 Å². The normalized spacial score (nSPS) is 16.1. The molecule has 0 heterocycles. The van der Waals surface area contributed by atoms with Crippen molar-refractivity contribution in [2.24, 2.45) is 5.92 Å². The fourth-order valence-corrected chi connectivity index (χ4v) is 6.90. The van der Waals surface area contributed by atoms with Gasteiger partial charge >= 0.3 is 27.6 Å². The lowest BCUT2D eigenvalue weighted by molar-refractivity contribution is -0.161. The van der Waals surface area contributed by atoms with E-state index in [0.717, 1.165) is 57.3 Å². The van der Waals surface area contributed by atoms with Crippen molar-refractivity contribution in [1.82, 2.24) is 0 Å². The van der Waals surface area contributed by atoms with E-state index in [1.165, 1.54) is 51.0 Å². The van der Waals surface area contributed by atoms with Crippen molar-refractivity contribution in [3.05, 3.63) is 48.6 Å². The van der Waals surface area contributed by atoms with Gasteiger partial charge in [0.15, 0.2) is 6.10 Å². The molecule has 0 bridgehead atoms. The zero-order chi connectivity index (χ0) is 45.8. The quantitative estimate of drug-likeness (QED) is 0.0134. The molecule has 61 heavy (non-hydrogen) atoms. The maximum atomic E-state index is 12.7. The first-order valence-corrected chi connectivity index (χ1v) is 25.0. The van der Waals surface area contributed by atoms with Crippen LogP contribution in [-0.4, -0.2) is 104 Å². The van der Waals surface area contributed by atoms with Crippen LogP contribution in [-0.2, 0) is 41.8 Å². The average molecular weight is 913 g/mol. The zero-order valence-corrected chi connectivity index (χ0v) is 38.5. The molecule has 0 aliphatic carbocycles. The molecule has 18 heteroatoms. The third kappa shape index (κ3) is 40.5. The number of phosphoric ester groups is 2. The molecular formula is C43H78O16P2. The van der Waals surface area contributed by atoms with E-state index in [1.807, 2.05) is 0 Å². The van der Waals surface area contributed by atoms with Gasteiger partial charge in [0.05, 0.1) is 38.1 Å². The first-order valence-electron chi connectivity index (χ1n) is 22.0. The molecule has 1 unspecified atom stereocenters. The summed E-state index contributed by atoms with van der Waals surface area (Å²) in [4.78, 5) is 52.7. The molecule has 0 aromatic rings. The van der Waals surface area contributed by atoms with Gasteiger partial charge in [-0.2, -0.15) is 0 Å². The van der Waals surface area contributed by atoms with Crippen LogP contribution >= 0.6 is 15.6 Å². The van der Waals surface area contributed by atoms with Gasteiger partial charge in [0, 0.05) is 12.8 Å². The number of carbonyl (C=O) groups excluding carboxylic acids is 2. The highest BCUT2D eigenvalue weighted by atomic mass is 31.2. The molecule has 0 aliphatic rings. The Balaban J connectivity index is 4.83. The van der Waals surface area contributed by atoms with Crippen molar-refractivity contribution in [1.29, 1.82) is 0 Å². The monoisotopic (exact) mass is 912 g/mol. The Kier molecular flexibility index (Phi) is 36.1. The largest absolute Gasteiger partial charge is 0.472 e. The van der Waals surface area contributed by atoms with Gasteiger partial charge in [0.25, 0.3) is 0 Å². The fourth-order valence-electron chi connectivity index (χ4n) is 5.74. The van der Waals surface area contributed by atoms with Crippen molar-refractivity contribution < 1.29 is 76.9 Å². The van der Waals surface area contributed by atoms with Crippen molar-refractivity contribution in [2.75, 3.05) is 26.4 Å². The molecule has 7 N–H and O–H groups in total. The SMILES string of the molecule is CCCCC[C@@H](O)/C=C/C=C\C=C\C=C\[C@@H](O)[C@H](O)CCCC(=O)OC[C@H](COP(=O)(O)OC[C@@H](O)COP(=O)(O)O)OC(=O)CCCCCCCCCCCCCC(C)C. The number of hydrogen-bond acceptors (Lipinski definition) is 13. The van der Waals surface area contributed by atoms with Crippen molar-refractivity contribution >= 4 is 27.6 Å². The van der Waals surface area contributed by atoms with Crippen LogP contribution in [0.1, 0.15) is 149 Å². The number of hydrogen-bond donors (Lipinski definition) is 7. The minimum Gasteiger partial charge on any atom is -0.462 e. The summed E-state index contributed by atoms with van der Waals surface area (Å²) >= 11 is 0. The molecule has 0 aliphatic heterocycles. The Morgan fingerprint density at radius 2 is 1.07 bits per heavy atom. The third-order valence-corrected chi connectivity index (χ3v) is 10.7. The van der Waals surface area contributed by atoms with Gasteiger partial charge in [-0.1, -0.05) is 159 Å². The van der Waals surface area contributed by atoms with Crippen LogP contribution in [0.2, 0.25) is 0 Å². The second kappa shape index (κ2) is 37.3. The Hall–Kier alpha value is -2.04. The molecular weight excluding hydrogens is 834 g/mol. The number of carbonyl (C=O) groups is 2. The molecule has 0 amide bonds. The molecule has 0 saturated heterocycles. The lowest BCUT2D eigenvalue weighted by atomic mass is 10.0. The van der Waals surface area contributed by atoms with Gasteiger partial charge in [-0.25, -0.2) is 9.13 Å². The number of ether oxygens (including phenoxy) is 2. The van der Waals surface area contributed by atoms with Crippen LogP contribution < -0.4 is 0 Å². The van der Waals surface area contributed by atoms with E-state index in [9.17, 15) is 44.0 Å². The van der Waals surface area contributed by atoms with Crippen LogP contribution in [0.4, 0.5) is 0 Å². The second-order valence-corrected chi connectivity index (χ2v) is 18.4. The molecule has 0 rings (SSSR count). The predicted octanol–water partition coefficient (Wildman–Crippen LogP) is 7.83. The summed E-state index contributed by atoms with van der Waals surface area (Å²) in [5.74, 6) is -0.601. The Morgan fingerprint density at radius 3 is 1.66 bits per heavy atom. The second-order valence-electron chi connectivity index (χ2n) is 15.7. The molecule has 0 aromatic heterocycles. The number of esters is 2. The molecule has 0 radical (unpaired) electrons. The fraction of sp³-hybridized carbons (Fsp3) is 0.767. The molecule has 0 fully saturated rings. The van der Waals surface area contributed by atoms with E-state index < -0.39 is 84.5 Å².